The third-order valence-electron chi connectivity index (χ3n) is 2.97. The van der Waals surface area contributed by atoms with E-state index < -0.39 is 11.9 Å². The van der Waals surface area contributed by atoms with Crippen molar-refractivity contribution in [1.29, 1.82) is 0 Å². The Morgan fingerprint density at radius 2 is 1.85 bits per heavy atom. The van der Waals surface area contributed by atoms with Gasteiger partial charge in [-0.05, 0) is 13.3 Å². The highest BCUT2D eigenvalue weighted by atomic mass is 32.1. The van der Waals surface area contributed by atoms with Crippen LogP contribution in [0.1, 0.15) is 30.6 Å². The first-order chi connectivity index (χ1) is 9.51. The number of aromatic nitrogens is 1. The van der Waals surface area contributed by atoms with Crippen LogP contribution in [0.5, 0.6) is 0 Å². The molecule has 112 valence electrons. The number of hydrogen-bond donors (Lipinski definition) is 0. The molecule has 0 amide bonds. The summed E-state index contributed by atoms with van der Waals surface area (Å²) in [5.74, 6) is -0.793. The maximum atomic E-state index is 11.5. The zero-order chi connectivity index (χ0) is 15.1. The minimum atomic E-state index is -0.397. The van der Waals surface area contributed by atoms with Gasteiger partial charge in [0.2, 0.25) is 0 Å². The Labute approximate surface area is 122 Å². The molecule has 1 aromatic rings. The summed E-state index contributed by atoms with van der Waals surface area (Å²) in [5, 5.41) is 2.98. The van der Waals surface area contributed by atoms with E-state index in [4.69, 9.17) is 0 Å². The van der Waals surface area contributed by atoms with Crippen LogP contribution >= 0.6 is 11.3 Å². The van der Waals surface area contributed by atoms with Crippen LogP contribution in [0.15, 0.2) is 5.38 Å². The Hall–Kier alpha value is -1.47. The normalized spacial score (nSPS) is 12.2. The quantitative estimate of drug-likeness (QED) is 0.709. The van der Waals surface area contributed by atoms with Gasteiger partial charge in [-0.15, -0.1) is 11.3 Å². The van der Waals surface area contributed by atoms with E-state index in [0.717, 1.165) is 17.1 Å². The summed E-state index contributed by atoms with van der Waals surface area (Å²) in [4.78, 5) is 29.1. The Balaban J connectivity index is 2.84. The highest BCUT2D eigenvalue weighted by Gasteiger charge is 2.23. The number of rotatable bonds is 7. The van der Waals surface area contributed by atoms with Gasteiger partial charge in [-0.1, -0.05) is 6.92 Å². The smallest absolute Gasteiger partial charge is 0.319 e. The molecule has 6 nitrogen and oxygen atoms in total. The lowest BCUT2D eigenvalue weighted by Gasteiger charge is -2.25. The Bertz CT molecular complexity index is 443. The first kappa shape index (κ1) is 16.6. The van der Waals surface area contributed by atoms with Crippen molar-refractivity contribution < 1.29 is 19.1 Å². The molecule has 1 rings (SSSR count). The van der Waals surface area contributed by atoms with E-state index in [9.17, 15) is 9.59 Å². The number of ether oxygens (including phenoxy) is 2. The maximum absolute atomic E-state index is 11.5. The van der Waals surface area contributed by atoms with Crippen molar-refractivity contribution in [1.82, 2.24) is 9.88 Å². The van der Waals surface area contributed by atoms with Crippen LogP contribution in [0.4, 0.5) is 0 Å². The standard InChI is InChI=1S/C13H20N2O4S/c1-5-11-14-10(8-20-11)9(2)15(6-12(16)18-3)7-13(17)19-4/h8-9H,5-7H2,1-4H3/t9-/m0/s1. The predicted molar refractivity (Wildman–Crippen MR) is 75.5 cm³/mol. The first-order valence-corrected chi connectivity index (χ1v) is 7.21. The SMILES string of the molecule is CCc1nc([C@H](C)N(CC(=O)OC)CC(=O)OC)cs1. The molecule has 1 aromatic heterocycles. The fourth-order valence-electron chi connectivity index (χ4n) is 1.66. The Kier molecular flexibility index (Phi) is 6.60. The number of thiazole rings is 1. The molecule has 0 unspecified atom stereocenters. The largest absolute Gasteiger partial charge is 0.468 e. The van der Waals surface area contributed by atoms with E-state index in [1.165, 1.54) is 14.2 Å². The van der Waals surface area contributed by atoms with Crippen LogP contribution in [0.3, 0.4) is 0 Å². The molecule has 20 heavy (non-hydrogen) atoms. The van der Waals surface area contributed by atoms with E-state index in [0.29, 0.717) is 0 Å². The van der Waals surface area contributed by atoms with Crippen LogP contribution in [-0.2, 0) is 25.5 Å². The molecule has 7 heteroatoms. The number of carbonyl (C=O) groups excluding carboxylic acids is 2. The summed E-state index contributed by atoms with van der Waals surface area (Å²) < 4.78 is 9.32. The molecule has 0 bridgehead atoms. The first-order valence-electron chi connectivity index (χ1n) is 6.33. The summed E-state index contributed by atoms with van der Waals surface area (Å²) in [6.45, 7) is 3.98. The molecule has 0 N–H and O–H groups in total. The molecule has 0 saturated carbocycles. The van der Waals surface area contributed by atoms with Gasteiger partial charge in [-0.25, -0.2) is 4.98 Å². The summed E-state index contributed by atoms with van der Waals surface area (Å²) in [6.07, 6.45) is 0.866. The molecule has 0 aliphatic heterocycles. The molecule has 1 atom stereocenters. The van der Waals surface area contributed by atoms with E-state index >= 15 is 0 Å². The zero-order valence-electron chi connectivity index (χ0n) is 12.2. The van der Waals surface area contributed by atoms with Crippen LogP contribution in [0, 0.1) is 0 Å². The van der Waals surface area contributed by atoms with Crippen LogP contribution in [-0.4, -0.2) is 49.1 Å². The van der Waals surface area contributed by atoms with Gasteiger partial charge in [0.15, 0.2) is 0 Å². The van der Waals surface area contributed by atoms with Crippen molar-refractivity contribution in [2.24, 2.45) is 0 Å². The van der Waals surface area contributed by atoms with Gasteiger partial charge in [0.25, 0.3) is 0 Å². The van der Waals surface area contributed by atoms with Gasteiger partial charge in [-0.2, -0.15) is 0 Å². The number of aryl methyl sites for hydroxylation is 1. The number of esters is 2. The molecule has 0 spiro atoms. The van der Waals surface area contributed by atoms with Gasteiger partial charge in [-0.3, -0.25) is 14.5 Å². The van der Waals surface area contributed by atoms with Crippen molar-refractivity contribution in [3.05, 3.63) is 16.1 Å². The van der Waals surface area contributed by atoms with Crippen LogP contribution in [0.25, 0.3) is 0 Å². The van der Waals surface area contributed by atoms with E-state index in [1.54, 1.807) is 16.2 Å². The molecular formula is C13H20N2O4S. The fourth-order valence-corrected chi connectivity index (χ4v) is 2.49. The van der Waals surface area contributed by atoms with Gasteiger partial charge >= 0.3 is 11.9 Å². The monoisotopic (exact) mass is 300 g/mol. The van der Waals surface area contributed by atoms with Crippen LogP contribution in [0.2, 0.25) is 0 Å². The topological polar surface area (TPSA) is 68.7 Å². The van der Waals surface area contributed by atoms with Gasteiger partial charge < -0.3 is 9.47 Å². The van der Waals surface area contributed by atoms with Gasteiger partial charge in [0, 0.05) is 5.38 Å². The molecule has 0 aromatic carbocycles. The van der Waals surface area contributed by atoms with Crippen molar-refractivity contribution >= 4 is 23.3 Å². The number of hydrogen-bond acceptors (Lipinski definition) is 7. The average molecular weight is 300 g/mol. The molecule has 1 heterocycles. The molecular weight excluding hydrogens is 280 g/mol. The number of nitrogens with zero attached hydrogens (tertiary/aromatic N) is 2. The van der Waals surface area contributed by atoms with Crippen LogP contribution < -0.4 is 0 Å². The Morgan fingerprint density at radius 1 is 1.30 bits per heavy atom. The zero-order valence-corrected chi connectivity index (χ0v) is 13.0. The fraction of sp³-hybridized carbons (Fsp3) is 0.615. The number of carbonyl (C=O) groups is 2. The molecule has 0 aliphatic carbocycles. The second-order valence-corrected chi connectivity index (χ2v) is 5.20. The Morgan fingerprint density at radius 3 is 2.25 bits per heavy atom. The van der Waals surface area contributed by atoms with Gasteiger partial charge in [0.05, 0.1) is 44.1 Å². The van der Waals surface area contributed by atoms with E-state index in [2.05, 4.69) is 14.5 Å². The van der Waals surface area contributed by atoms with E-state index in [-0.39, 0.29) is 19.1 Å². The minimum Gasteiger partial charge on any atom is -0.468 e. The average Bonchev–Trinajstić information content (AvgIpc) is 2.94. The van der Waals surface area contributed by atoms with E-state index in [1.807, 2.05) is 19.2 Å². The second-order valence-electron chi connectivity index (χ2n) is 4.25. The molecule has 0 aliphatic rings. The maximum Gasteiger partial charge on any atom is 0.319 e. The molecule has 0 saturated heterocycles. The summed E-state index contributed by atoms with van der Waals surface area (Å²) >= 11 is 1.57. The third kappa shape index (κ3) is 4.57. The van der Waals surface area contributed by atoms with Crippen molar-refractivity contribution in [3.63, 3.8) is 0 Å². The van der Waals surface area contributed by atoms with Crippen molar-refractivity contribution in [2.45, 2.75) is 26.3 Å². The summed E-state index contributed by atoms with van der Waals surface area (Å²) in [6, 6.07) is -0.162. The van der Waals surface area contributed by atoms with Crippen molar-refractivity contribution in [3.8, 4) is 0 Å². The number of methoxy groups -OCH3 is 2. The highest BCUT2D eigenvalue weighted by molar-refractivity contribution is 7.09. The second kappa shape index (κ2) is 7.96. The highest BCUT2D eigenvalue weighted by Crippen LogP contribution is 2.22. The minimum absolute atomic E-state index is 0.0196. The summed E-state index contributed by atoms with van der Waals surface area (Å²) in [7, 11) is 2.64. The summed E-state index contributed by atoms with van der Waals surface area (Å²) in [5.41, 5.74) is 0.847. The lowest BCUT2D eigenvalue weighted by Crippen LogP contribution is -2.37. The van der Waals surface area contributed by atoms with Gasteiger partial charge in [0.1, 0.15) is 0 Å². The molecule has 0 radical (unpaired) electrons. The third-order valence-corrected chi connectivity index (χ3v) is 3.98. The predicted octanol–water partition coefficient (Wildman–Crippen LogP) is 1.41. The lowest BCUT2D eigenvalue weighted by molar-refractivity contribution is -0.146. The van der Waals surface area contributed by atoms with Crippen molar-refractivity contribution in [2.75, 3.05) is 27.3 Å². The molecule has 0 fully saturated rings. The lowest BCUT2D eigenvalue weighted by atomic mass is 10.2.